The fourth-order valence-electron chi connectivity index (χ4n) is 4.19. The summed E-state index contributed by atoms with van der Waals surface area (Å²) in [5.41, 5.74) is 1.40. The SMILES string of the molecule is O=S(=O)(c1cccc(C(F)(F)F)c1)N1Cc2cccc(N3CCN(CC(F)F)CC3)c2C1. The Kier molecular flexibility index (Phi) is 6.17. The number of sulfonamides is 1. The van der Waals surface area contributed by atoms with E-state index in [0.717, 1.165) is 35.0 Å². The van der Waals surface area contributed by atoms with Crippen molar-refractivity contribution in [2.45, 2.75) is 30.6 Å². The molecule has 0 aromatic heterocycles. The molecular formula is C21H22F5N3O2S. The Bertz CT molecular complexity index is 1080. The largest absolute Gasteiger partial charge is 0.416 e. The highest BCUT2D eigenvalue weighted by atomic mass is 32.2. The van der Waals surface area contributed by atoms with Gasteiger partial charge in [-0.1, -0.05) is 18.2 Å². The van der Waals surface area contributed by atoms with Crippen molar-refractivity contribution in [3.05, 3.63) is 59.2 Å². The van der Waals surface area contributed by atoms with Gasteiger partial charge in [0.15, 0.2) is 0 Å². The number of piperazine rings is 1. The summed E-state index contributed by atoms with van der Waals surface area (Å²) >= 11 is 0. The lowest BCUT2D eigenvalue weighted by Gasteiger charge is -2.36. The molecule has 0 atom stereocenters. The predicted molar refractivity (Wildman–Crippen MR) is 109 cm³/mol. The Morgan fingerprint density at radius 1 is 0.938 bits per heavy atom. The van der Waals surface area contributed by atoms with E-state index in [-0.39, 0.29) is 19.6 Å². The highest BCUT2D eigenvalue weighted by molar-refractivity contribution is 7.89. The van der Waals surface area contributed by atoms with Crippen LogP contribution in [0.2, 0.25) is 0 Å². The average Bonchev–Trinajstić information content (AvgIpc) is 3.19. The molecule has 2 heterocycles. The van der Waals surface area contributed by atoms with Crippen molar-refractivity contribution in [1.82, 2.24) is 9.21 Å². The van der Waals surface area contributed by atoms with Crippen molar-refractivity contribution in [2.24, 2.45) is 0 Å². The first kappa shape index (κ1) is 22.9. The Morgan fingerprint density at radius 2 is 1.62 bits per heavy atom. The number of rotatable bonds is 5. The molecule has 0 amide bonds. The maximum Gasteiger partial charge on any atom is 0.416 e. The quantitative estimate of drug-likeness (QED) is 0.618. The number of alkyl halides is 5. The molecule has 11 heteroatoms. The van der Waals surface area contributed by atoms with E-state index in [1.165, 1.54) is 4.31 Å². The summed E-state index contributed by atoms with van der Waals surface area (Å²) in [5.74, 6) is 0. The third-order valence-corrected chi connectivity index (χ3v) is 7.63. The van der Waals surface area contributed by atoms with E-state index < -0.39 is 33.1 Å². The average molecular weight is 475 g/mol. The van der Waals surface area contributed by atoms with E-state index in [1.54, 1.807) is 17.0 Å². The monoisotopic (exact) mass is 475 g/mol. The van der Waals surface area contributed by atoms with Gasteiger partial charge in [0, 0.05) is 45.0 Å². The van der Waals surface area contributed by atoms with Gasteiger partial charge in [-0.2, -0.15) is 17.5 Å². The van der Waals surface area contributed by atoms with Crippen molar-refractivity contribution >= 4 is 15.7 Å². The van der Waals surface area contributed by atoms with Gasteiger partial charge in [-0.3, -0.25) is 4.90 Å². The van der Waals surface area contributed by atoms with E-state index >= 15 is 0 Å². The molecule has 4 rings (SSSR count). The molecule has 2 aliphatic rings. The molecular weight excluding hydrogens is 453 g/mol. The molecule has 0 unspecified atom stereocenters. The van der Waals surface area contributed by atoms with Gasteiger partial charge < -0.3 is 4.90 Å². The van der Waals surface area contributed by atoms with Gasteiger partial charge >= 0.3 is 6.18 Å². The molecule has 1 saturated heterocycles. The molecule has 174 valence electrons. The number of fused-ring (bicyclic) bond motifs is 1. The van der Waals surface area contributed by atoms with Gasteiger partial charge in [-0.15, -0.1) is 0 Å². The molecule has 0 spiro atoms. The minimum absolute atomic E-state index is 0.0430. The third kappa shape index (κ3) is 4.60. The third-order valence-electron chi connectivity index (χ3n) is 5.84. The van der Waals surface area contributed by atoms with Crippen LogP contribution in [0.15, 0.2) is 47.4 Å². The molecule has 32 heavy (non-hydrogen) atoms. The topological polar surface area (TPSA) is 43.9 Å². The Labute approximate surface area is 183 Å². The van der Waals surface area contributed by atoms with Crippen molar-refractivity contribution in [3.8, 4) is 0 Å². The first-order valence-corrected chi connectivity index (χ1v) is 11.5. The molecule has 2 aromatic rings. The van der Waals surface area contributed by atoms with Crippen LogP contribution in [-0.4, -0.2) is 56.8 Å². The van der Waals surface area contributed by atoms with Crippen LogP contribution in [0.3, 0.4) is 0 Å². The maximum absolute atomic E-state index is 13.1. The summed E-state index contributed by atoms with van der Waals surface area (Å²) < 4.78 is 91.7. The van der Waals surface area contributed by atoms with Crippen LogP contribution >= 0.6 is 0 Å². The normalized spacial score (nSPS) is 18.4. The summed E-state index contributed by atoms with van der Waals surface area (Å²) in [6.45, 7) is 1.84. The molecule has 2 aliphatic heterocycles. The van der Waals surface area contributed by atoms with E-state index in [0.29, 0.717) is 32.2 Å². The zero-order valence-corrected chi connectivity index (χ0v) is 17.8. The highest BCUT2D eigenvalue weighted by Crippen LogP contribution is 2.36. The van der Waals surface area contributed by atoms with Crippen molar-refractivity contribution in [2.75, 3.05) is 37.6 Å². The van der Waals surface area contributed by atoms with Crippen molar-refractivity contribution in [1.29, 1.82) is 0 Å². The summed E-state index contributed by atoms with van der Waals surface area (Å²) in [6, 6.07) is 9.21. The lowest BCUT2D eigenvalue weighted by Crippen LogP contribution is -2.48. The Balaban J connectivity index is 1.54. The van der Waals surface area contributed by atoms with Crippen LogP contribution in [0.25, 0.3) is 0 Å². The first-order valence-electron chi connectivity index (χ1n) is 10.1. The minimum Gasteiger partial charge on any atom is -0.369 e. The van der Waals surface area contributed by atoms with Crippen LogP contribution in [0.4, 0.5) is 27.6 Å². The lowest BCUT2D eigenvalue weighted by molar-refractivity contribution is -0.137. The Morgan fingerprint density at radius 3 is 2.28 bits per heavy atom. The second kappa shape index (κ2) is 8.60. The zero-order valence-electron chi connectivity index (χ0n) is 17.0. The van der Waals surface area contributed by atoms with Crippen LogP contribution in [0.5, 0.6) is 0 Å². The number of benzene rings is 2. The molecule has 1 fully saturated rings. The highest BCUT2D eigenvalue weighted by Gasteiger charge is 2.36. The number of hydrogen-bond donors (Lipinski definition) is 0. The fraction of sp³-hybridized carbons (Fsp3) is 0.429. The molecule has 0 bridgehead atoms. The molecule has 2 aromatic carbocycles. The van der Waals surface area contributed by atoms with E-state index in [1.807, 2.05) is 11.0 Å². The van der Waals surface area contributed by atoms with Gasteiger partial charge in [0.05, 0.1) is 17.0 Å². The van der Waals surface area contributed by atoms with Gasteiger partial charge in [0.25, 0.3) is 6.43 Å². The van der Waals surface area contributed by atoms with Gasteiger partial charge in [-0.25, -0.2) is 17.2 Å². The molecule has 0 N–H and O–H groups in total. The predicted octanol–water partition coefficient (Wildman–Crippen LogP) is 3.80. The van der Waals surface area contributed by atoms with Crippen LogP contribution in [0.1, 0.15) is 16.7 Å². The minimum atomic E-state index is -4.64. The molecule has 0 radical (unpaired) electrons. The molecule has 5 nitrogen and oxygen atoms in total. The molecule has 0 saturated carbocycles. The van der Waals surface area contributed by atoms with Crippen molar-refractivity contribution in [3.63, 3.8) is 0 Å². The van der Waals surface area contributed by atoms with Gasteiger partial charge in [0.1, 0.15) is 0 Å². The van der Waals surface area contributed by atoms with Crippen molar-refractivity contribution < 1.29 is 30.4 Å². The number of hydrogen-bond acceptors (Lipinski definition) is 4. The number of anilines is 1. The van der Waals surface area contributed by atoms with Gasteiger partial charge in [0.2, 0.25) is 10.0 Å². The smallest absolute Gasteiger partial charge is 0.369 e. The van der Waals surface area contributed by atoms with Crippen LogP contribution < -0.4 is 4.90 Å². The summed E-state index contributed by atoms with van der Waals surface area (Å²) in [7, 11) is -4.14. The van der Waals surface area contributed by atoms with E-state index in [4.69, 9.17) is 0 Å². The Hall–Kier alpha value is -2.24. The maximum atomic E-state index is 13.1. The van der Waals surface area contributed by atoms with Crippen LogP contribution in [-0.2, 0) is 29.3 Å². The van der Waals surface area contributed by atoms with E-state index in [2.05, 4.69) is 0 Å². The first-order chi connectivity index (χ1) is 15.1. The zero-order chi connectivity index (χ0) is 23.1. The van der Waals surface area contributed by atoms with Gasteiger partial charge in [-0.05, 0) is 35.4 Å². The van der Waals surface area contributed by atoms with Crippen LogP contribution in [0, 0.1) is 0 Å². The number of nitrogens with zero attached hydrogens (tertiary/aromatic N) is 3. The lowest BCUT2D eigenvalue weighted by atomic mass is 10.1. The second-order valence-electron chi connectivity index (χ2n) is 7.89. The number of halogens is 5. The van der Waals surface area contributed by atoms with E-state index in [9.17, 15) is 30.4 Å². The second-order valence-corrected chi connectivity index (χ2v) is 9.83. The fourth-order valence-corrected chi connectivity index (χ4v) is 5.62. The molecule has 0 aliphatic carbocycles. The summed E-state index contributed by atoms with van der Waals surface area (Å²) in [5, 5.41) is 0. The summed E-state index contributed by atoms with van der Waals surface area (Å²) in [4.78, 5) is 3.33. The standard InChI is InChI=1S/C21H22F5N3O2S/c22-20(23)14-27-7-9-28(10-8-27)19-6-1-3-15-12-29(13-18(15)19)32(30,31)17-5-2-4-16(11-17)21(24,25)26/h1-6,11,20H,7-10,12-14H2. The summed E-state index contributed by atoms with van der Waals surface area (Å²) in [6.07, 6.45) is -7.03.